The summed E-state index contributed by atoms with van der Waals surface area (Å²) < 4.78 is 13.6. The molecule has 5 nitrogen and oxygen atoms in total. The van der Waals surface area contributed by atoms with Crippen molar-refractivity contribution < 1.29 is 4.21 Å². The highest BCUT2D eigenvalue weighted by molar-refractivity contribution is 7.85. The molecule has 22 heavy (non-hydrogen) atoms. The van der Waals surface area contributed by atoms with Crippen molar-refractivity contribution in [1.82, 2.24) is 19.7 Å². The van der Waals surface area contributed by atoms with Crippen molar-refractivity contribution in [3.8, 4) is 5.69 Å². The molecule has 1 aliphatic heterocycles. The molecule has 7 heteroatoms. The lowest BCUT2D eigenvalue weighted by molar-refractivity contribution is 0.256. The number of aromatic nitrogens is 3. The predicted octanol–water partition coefficient (Wildman–Crippen LogP) is 2.12. The molecule has 0 unspecified atom stereocenters. The summed E-state index contributed by atoms with van der Waals surface area (Å²) in [5, 5.41) is 4.89. The third kappa shape index (κ3) is 3.74. The van der Waals surface area contributed by atoms with Gasteiger partial charge in [-0.05, 0) is 23.6 Å². The van der Waals surface area contributed by atoms with Crippen molar-refractivity contribution in [1.29, 1.82) is 0 Å². The minimum atomic E-state index is -0.695. The normalized spacial score (nSPS) is 23.4. The van der Waals surface area contributed by atoms with Crippen LogP contribution in [0.5, 0.6) is 0 Å². The van der Waals surface area contributed by atoms with Gasteiger partial charge in [0.1, 0.15) is 12.7 Å². The highest BCUT2D eigenvalue weighted by Gasteiger charge is 2.20. The second kappa shape index (κ2) is 6.89. The topological polar surface area (TPSA) is 51.0 Å². The number of halogens is 1. The van der Waals surface area contributed by atoms with Gasteiger partial charge in [-0.25, -0.2) is 9.67 Å². The van der Waals surface area contributed by atoms with Crippen molar-refractivity contribution >= 4 is 22.4 Å². The molecule has 1 aromatic carbocycles. The largest absolute Gasteiger partial charge is 0.298 e. The molecule has 1 aromatic heterocycles. The molecule has 3 rings (SSSR count). The Labute approximate surface area is 137 Å². The second-order valence-electron chi connectivity index (χ2n) is 5.76. The van der Waals surface area contributed by atoms with Crippen LogP contribution in [0.3, 0.4) is 0 Å². The summed E-state index contributed by atoms with van der Waals surface area (Å²) in [4.78, 5) is 6.37. The standard InChI is InChI=1S/C15H19ClN4OS/c1-12-7-19(4-5-22(21)9-12)8-13-2-3-14(16)6-15(13)20-11-17-10-18-20/h2-3,6,10-12H,4-5,7-9H2,1H3/t12-,22-/m1/s1. The van der Waals surface area contributed by atoms with Crippen molar-refractivity contribution in [2.45, 2.75) is 13.5 Å². The van der Waals surface area contributed by atoms with Crippen LogP contribution in [0.1, 0.15) is 12.5 Å². The zero-order chi connectivity index (χ0) is 15.5. The van der Waals surface area contributed by atoms with E-state index < -0.39 is 10.8 Å². The molecule has 1 fully saturated rings. The van der Waals surface area contributed by atoms with Crippen LogP contribution in [-0.4, -0.2) is 48.5 Å². The highest BCUT2D eigenvalue weighted by Crippen LogP contribution is 2.22. The van der Waals surface area contributed by atoms with Gasteiger partial charge in [-0.1, -0.05) is 24.6 Å². The molecule has 2 atom stereocenters. The number of hydrogen-bond acceptors (Lipinski definition) is 4. The van der Waals surface area contributed by atoms with E-state index in [1.165, 1.54) is 6.33 Å². The molecule has 118 valence electrons. The van der Waals surface area contributed by atoms with Gasteiger partial charge in [-0.15, -0.1) is 0 Å². The molecule has 0 amide bonds. The zero-order valence-corrected chi connectivity index (χ0v) is 14.1. The molecule has 2 heterocycles. The number of rotatable bonds is 3. The molecule has 0 radical (unpaired) electrons. The summed E-state index contributed by atoms with van der Waals surface area (Å²) >= 11 is 6.13. The number of nitrogens with zero attached hydrogens (tertiary/aromatic N) is 4. The fourth-order valence-corrected chi connectivity index (χ4v) is 4.35. The molecule has 2 aromatic rings. The van der Waals surface area contributed by atoms with Crippen LogP contribution < -0.4 is 0 Å². The Bertz CT molecular complexity index is 662. The maximum absolute atomic E-state index is 11.8. The smallest absolute Gasteiger partial charge is 0.138 e. The first-order valence-corrected chi connectivity index (χ1v) is 9.19. The van der Waals surface area contributed by atoms with Crippen molar-refractivity contribution in [2.75, 3.05) is 24.6 Å². The Kier molecular flexibility index (Phi) is 4.90. The van der Waals surface area contributed by atoms with Gasteiger partial charge in [0, 0.05) is 47.0 Å². The van der Waals surface area contributed by atoms with Gasteiger partial charge in [-0.3, -0.25) is 9.11 Å². The Hall–Kier alpha value is -1.24. The van der Waals surface area contributed by atoms with E-state index in [0.717, 1.165) is 42.4 Å². The zero-order valence-electron chi connectivity index (χ0n) is 12.5. The quantitative estimate of drug-likeness (QED) is 0.860. The van der Waals surface area contributed by atoms with E-state index in [4.69, 9.17) is 11.6 Å². The summed E-state index contributed by atoms with van der Waals surface area (Å²) in [5.74, 6) is 1.99. The van der Waals surface area contributed by atoms with E-state index in [1.54, 1.807) is 11.0 Å². The maximum atomic E-state index is 11.8. The molecule has 0 N–H and O–H groups in total. The summed E-state index contributed by atoms with van der Waals surface area (Å²) in [6.45, 7) is 4.78. The van der Waals surface area contributed by atoms with Crippen LogP contribution in [0.25, 0.3) is 5.69 Å². The lowest BCUT2D eigenvalue weighted by atomic mass is 10.1. The van der Waals surface area contributed by atoms with E-state index >= 15 is 0 Å². The summed E-state index contributed by atoms with van der Waals surface area (Å²) in [5.41, 5.74) is 2.10. The van der Waals surface area contributed by atoms with E-state index in [1.807, 2.05) is 18.2 Å². The Balaban J connectivity index is 1.84. The van der Waals surface area contributed by atoms with Crippen molar-refractivity contribution in [2.24, 2.45) is 5.92 Å². The monoisotopic (exact) mass is 338 g/mol. The second-order valence-corrected chi connectivity index (χ2v) is 7.82. The number of hydrogen-bond donors (Lipinski definition) is 0. The van der Waals surface area contributed by atoms with E-state index in [9.17, 15) is 4.21 Å². The first-order valence-electron chi connectivity index (χ1n) is 7.32. The predicted molar refractivity (Wildman–Crippen MR) is 88.7 cm³/mol. The Morgan fingerprint density at radius 3 is 3.09 bits per heavy atom. The van der Waals surface area contributed by atoms with Crippen LogP contribution in [0.2, 0.25) is 5.02 Å². The highest BCUT2D eigenvalue weighted by atomic mass is 35.5. The molecule has 1 aliphatic rings. The minimum Gasteiger partial charge on any atom is -0.298 e. The van der Waals surface area contributed by atoms with Crippen LogP contribution in [0.4, 0.5) is 0 Å². The SMILES string of the molecule is C[C@@H]1CN(Cc2ccc(Cl)cc2-n2cncn2)CC[S@@](=O)C1. The molecule has 0 bridgehead atoms. The van der Waals surface area contributed by atoms with Crippen LogP contribution >= 0.6 is 11.6 Å². The van der Waals surface area contributed by atoms with Gasteiger partial charge in [0.2, 0.25) is 0 Å². The summed E-state index contributed by atoms with van der Waals surface area (Å²) in [6, 6.07) is 5.84. The lowest BCUT2D eigenvalue weighted by Gasteiger charge is -2.23. The lowest BCUT2D eigenvalue weighted by Crippen LogP contribution is -2.29. The van der Waals surface area contributed by atoms with E-state index in [0.29, 0.717) is 10.9 Å². The first kappa shape index (κ1) is 15.6. The van der Waals surface area contributed by atoms with E-state index in [2.05, 4.69) is 21.9 Å². The molecule has 0 spiro atoms. The van der Waals surface area contributed by atoms with Gasteiger partial charge in [0.15, 0.2) is 0 Å². The van der Waals surface area contributed by atoms with Gasteiger partial charge in [-0.2, -0.15) is 5.10 Å². The molecular weight excluding hydrogens is 320 g/mol. The Morgan fingerprint density at radius 1 is 1.45 bits per heavy atom. The first-order chi connectivity index (χ1) is 10.6. The fourth-order valence-electron chi connectivity index (χ4n) is 2.82. The molecular formula is C15H19ClN4OS. The molecule has 1 saturated heterocycles. The maximum Gasteiger partial charge on any atom is 0.138 e. The van der Waals surface area contributed by atoms with Gasteiger partial charge in [0.25, 0.3) is 0 Å². The van der Waals surface area contributed by atoms with Gasteiger partial charge < -0.3 is 0 Å². The Morgan fingerprint density at radius 2 is 2.32 bits per heavy atom. The van der Waals surface area contributed by atoms with Gasteiger partial charge >= 0.3 is 0 Å². The van der Waals surface area contributed by atoms with Crippen LogP contribution in [0, 0.1) is 5.92 Å². The van der Waals surface area contributed by atoms with E-state index in [-0.39, 0.29) is 0 Å². The number of benzene rings is 1. The fraction of sp³-hybridized carbons (Fsp3) is 0.467. The third-order valence-electron chi connectivity index (χ3n) is 3.78. The average Bonchev–Trinajstić information content (AvgIpc) is 2.95. The van der Waals surface area contributed by atoms with Crippen molar-refractivity contribution in [3.63, 3.8) is 0 Å². The summed E-state index contributed by atoms with van der Waals surface area (Å²) in [7, 11) is -0.695. The van der Waals surface area contributed by atoms with Gasteiger partial charge in [0.05, 0.1) is 5.69 Å². The van der Waals surface area contributed by atoms with Crippen molar-refractivity contribution in [3.05, 3.63) is 41.4 Å². The van der Waals surface area contributed by atoms with Crippen LogP contribution in [-0.2, 0) is 17.3 Å². The summed E-state index contributed by atoms with van der Waals surface area (Å²) in [6.07, 6.45) is 3.19. The molecule has 0 aliphatic carbocycles. The average molecular weight is 339 g/mol. The third-order valence-corrected chi connectivity index (χ3v) is 5.60. The van der Waals surface area contributed by atoms with Crippen LogP contribution in [0.15, 0.2) is 30.9 Å². The molecule has 0 saturated carbocycles. The minimum absolute atomic E-state index is 0.449.